The summed E-state index contributed by atoms with van der Waals surface area (Å²) in [5, 5.41) is 0.879. The van der Waals surface area contributed by atoms with Gasteiger partial charge in [-0.15, -0.1) is 0 Å². The summed E-state index contributed by atoms with van der Waals surface area (Å²) in [5.74, 6) is 0.331. The zero-order valence-electron chi connectivity index (χ0n) is 25.6. The molecule has 0 bridgehead atoms. The lowest BCUT2D eigenvalue weighted by Gasteiger charge is -2.09. The number of benzene rings is 1. The number of carbonyl (C=O) groups is 1. The molecule has 1 aromatic carbocycles. The fourth-order valence-corrected chi connectivity index (χ4v) is 3.52. The van der Waals surface area contributed by atoms with Gasteiger partial charge < -0.3 is 57.1 Å². The van der Waals surface area contributed by atoms with E-state index < -0.39 is 0 Å². The van der Waals surface area contributed by atoms with Crippen LogP contribution in [0.5, 0.6) is 5.75 Å². The van der Waals surface area contributed by atoms with Crippen LogP contribution < -0.4 is 4.74 Å². The largest absolute Gasteiger partial charge is 0.491 e. The lowest BCUT2D eigenvalue weighted by Crippen LogP contribution is -2.15. The molecule has 0 radical (unpaired) electrons. The number of esters is 1. The quantitative estimate of drug-likeness (QED) is 0.102. The highest BCUT2D eigenvalue weighted by atomic mass is 16.6. The second-order valence-corrected chi connectivity index (χ2v) is 8.89. The Labute approximate surface area is 254 Å². The maximum atomic E-state index is 11.9. The van der Waals surface area contributed by atoms with Crippen molar-refractivity contribution >= 4 is 16.9 Å². The first-order chi connectivity index (χ1) is 21.2. The first kappa shape index (κ1) is 36.9. The van der Waals surface area contributed by atoms with Crippen molar-refractivity contribution in [3.05, 3.63) is 30.0 Å². The van der Waals surface area contributed by atoms with Crippen LogP contribution in [-0.4, -0.2) is 144 Å². The molecule has 0 aliphatic rings. The monoisotopic (exact) mass is 615 g/mol. The van der Waals surface area contributed by atoms with E-state index in [1.807, 2.05) is 18.2 Å². The van der Waals surface area contributed by atoms with Gasteiger partial charge in [0.15, 0.2) is 0 Å². The molecule has 1 N–H and O–H groups in total. The maximum absolute atomic E-state index is 11.9. The van der Waals surface area contributed by atoms with Crippen LogP contribution in [0.2, 0.25) is 0 Å². The molecule has 0 aliphatic carbocycles. The van der Waals surface area contributed by atoms with Crippen LogP contribution in [0.25, 0.3) is 10.9 Å². The highest BCUT2D eigenvalue weighted by Crippen LogP contribution is 2.22. The van der Waals surface area contributed by atoms with Gasteiger partial charge in [0, 0.05) is 18.0 Å². The van der Waals surface area contributed by atoms with Gasteiger partial charge in [0.25, 0.3) is 0 Å². The van der Waals surface area contributed by atoms with Crippen molar-refractivity contribution in [2.75, 3.05) is 133 Å². The summed E-state index contributed by atoms with van der Waals surface area (Å²) in [6, 6.07) is 7.34. The number of methoxy groups -OCH3 is 1. The van der Waals surface area contributed by atoms with E-state index in [9.17, 15) is 4.79 Å². The molecule has 0 saturated heterocycles. The third-order valence-electron chi connectivity index (χ3n) is 5.62. The average Bonchev–Trinajstić information content (AvgIpc) is 3.45. The Hall–Kier alpha value is -2.33. The minimum atomic E-state index is -0.372. The van der Waals surface area contributed by atoms with Crippen LogP contribution in [0.4, 0.5) is 0 Å². The molecule has 13 heteroatoms. The van der Waals surface area contributed by atoms with E-state index in [0.717, 1.165) is 10.9 Å². The number of fused-ring (bicyclic) bond motifs is 1. The number of ether oxygens (including phenoxy) is 11. The first-order valence-corrected chi connectivity index (χ1v) is 14.8. The minimum absolute atomic E-state index is 0.332. The lowest BCUT2D eigenvalue weighted by molar-refractivity contribution is -0.0247. The maximum Gasteiger partial charge on any atom is 0.354 e. The first-order valence-electron chi connectivity index (χ1n) is 14.8. The Morgan fingerprint density at radius 1 is 0.581 bits per heavy atom. The molecular formula is C30H49NO12. The molecule has 1 heterocycles. The number of aromatic amines is 1. The normalized spacial score (nSPS) is 11.4. The van der Waals surface area contributed by atoms with Crippen LogP contribution >= 0.6 is 0 Å². The molecule has 0 saturated carbocycles. The predicted molar refractivity (Wildman–Crippen MR) is 158 cm³/mol. The molecule has 0 aliphatic heterocycles. The predicted octanol–water partition coefficient (Wildman–Crippen LogP) is 2.50. The van der Waals surface area contributed by atoms with Crippen molar-refractivity contribution < 1.29 is 56.9 Å². The molecule has 1 aromatic heterocycles. The second-order valence-electron chi connectivity index (χ2n) is 8.89. The molecule has 0 unspecified atom stereocenters. The topological polar surface area (TPSA) is 134 Å². The van der Waals surface area contributed by atoms with Gasteiger partial charge in [-0.05, 0) is 31.2 Å². The number of rotatable bonds is 30. The van der Waals surface area contributed by atoms with E-state index >= 15 is 0 Å². The van der Waals surface area contributed by atoms with Crippen LogP contribution in [0.3, 0.4) is 0 Å². The van der Waals surface area contributed by atoms with Crippen molar-refractivity contribution in [2.24, 2.45) is 0 Å². The highest BCUT2D eigenvalue weighted by Gasteiger charge is 2.10. The van der Waals surface area contributed by atoms with Gasteiger partial charge in [0.2, 0.25) is 0 Å². The van der Waals surface area contributed by atoms with Crippen molar-refractivity contribution in [3.63, 3.8) is 0 Å². The van der Waals surface area contributed by atoms with Gasteiger partial charge in [-0.2, -0.15) is 0 Å². The Morgan fingerprint density at radius 2 is 1.00 bits per heavy atom. The smallest absolute Gasteiger partial charge is 0.354 e. The Balaban J connectivity index is 1.27. The molecule has 2 aromatic rings. The van der Waals surface area contributed by atoms with E-state index in [1.165, 1.54) is 0 Å². The van der Waals surface area contributed by atoms with Crippen LogP contribution in [0.1, 0.15) is 17.4 Å². The molecule has 13 nitrogen and oxygen atoms in total. The summed E-state index contributed by atoms with van der Waals surface area (Å²) < 4.78 is 59.2. The number of aromatic nitrogens is 1. The van der Waals surface area contributed by atoms with Crippen molar-refractivity contribution in [1.29, 1.82) is 0 Å². The van der Waals surface area contributed by atoms with Gasteiger partial charge in [-0.1, -0.05) is 0 Å². The van der Waals surface area contributed by atoms with Crippen molar-refractivity contribution in [1.82, 2.24) is 4.98 Å². The van der Waals surface area contributed by atoms with E-state index in [4.69, 9.17) is 52.1 Å². The fraction of sp³-hybridized carbons (Fsp3) is 0.700. The number of H-pyrrole nitrogens is 1. The summed E-state index contributed by atoms with van der Waals surface area (Å²) in [6.07, 6.45) is 0. The molecule has 0 amide bonds. The van der Waals surface area contributed by atoms with Crippen LogP contribution in [-0.2, 0) is 47.4 Å². The van der Waals surface area contributed by atoms with Gasteiger partial charge >= 0.3 is 5.97 Å². The van der Waals surface area contributed by atoms with Crippen molar-refractivity contribution in [3.8, 4) is 5.75 Å². The standard InChI is InChI=1S/C30H49NO12/c1-3-42-30(32)29-25-26-24-27(4-5-28(26)31-29)43-23-22-41-21-20-40-19-18-39-17-16-38-15-14-37-13-12-36-11-10-35-9-8-34-7-6-33-2/h4-5,24-25,31H,3,6-23H2,1-2H3. The molecular weight excluding hydrogens is 566 g/mol. The van der Waals surface area contributed by atoms with Crippen LogP contribution in [0, 0.1) is 0 Å². The lowest BCUT2D eigenvalue weighted by atomic mass is 10.2. The zero-order chi connectivity index (χ0) is 30.6. The number of hydrogen-bond donors (Lipinski definition) is 1. The Bertz CT molecular complexity index is 941. The SMILES string of the molecule is CCOC(=O)c1cc2cc(OCCOCCOCCOCCOCCOCCOCCOCCOCCOC)ccc2[nH]1. The van der Waals surface area contributed by atoms with E-state index in [2.05, 4.69) is 4.98 Å². The van der Waals surface area contributed by atoms with E-state index in [1.54, 1.807) is 20.1 Å². The number of carbonyl (C=O) groups excluding carboxylic acids is 1. The fourth-order valence-electron chi connectivity index (χ4n) is 3.52. The summed E-state index contributed by atoms with van der Waals surface area (Å²) in [5.41, 5.74) is 1.27. The number of nitrogens with one attached hydrogen (secondary N) is 1. The third kappa shape index (κ3) is 18.8. The summed E-state index contributed by atoms with van der Waals surface area (Å²) in [7, 11) is 1.64. The zero-order valence-corrected chi connectivity index (χ0v) is 25.6. The molecule has 0 atom stereocenters. The van der Waals surface area contributed by atoms with E-state index in [-0.39, 0.29) is 5.97 Å². The Morgan fingerprint density at radius 3 is 1.42 bits per heavy atom. The third-order valence-corrected chi connectivity index (χ3v) is 5.62. The molecule has 43 heavy (non-hydrogen) atoms. The summed E-state index contributed by atoms with van der Waals surface area (Å²) in [4.78, 5) is 14.9. The second kappa shape index (κ2) is 26.1. The summed E-state index contributed by atoms with van der Waals surface area (Å²) >= 11 is 0. The summed E-state index contributed by atoms with van der Waals surface area (Å²) in [6.45, 7) is 11.2. The van der Waals surface area contributed by atoms with Gasteiger partial charge in [-0.25, -0.2) is 4.79 Å². The van der Waals surface area contributed by atoms with E-state index in [0.29, 0.717) is 137 Å². The average molecular weight is 616 g/mol. The highest BCUT2D eigenvalue weighted by molar-refractivity contribution is 5.95. The van der Waals surface area contributed by atoms with Crippen LogP contribution in [0.15, 0.2) is 24.3 Å². The number of hydrogen-bond acceptors (Lipinski definition) is 12. The van der Waals surface area contributed by atoms with Gasteiger partial charge in [0.1, 0.15) is 18.1 Å². The molecule has 246 valence electrons. The molecule has 0 spiro atoms. The molecule has 0 fully saturated rings. The van der Waals surface area contributed by atoms with Gasteiger partial charge in [0.05, 0.1) is 119 Å². The van der Waals surface area contributed by atoms with Crippen molar-refractivity contribution in [2.45, 2.75) is 6.92 Å². The molecule has 2 rings (SSSR count). The van der Waals surface area contributed by atoms with Gasteiger partial charge in [-0.3, -0.25) is 0 Å². The Kier molecular flexibility index (Phi) is 22.4. The minimum Gasteiger partial charge on any atom is -0.491 e.